The zero-order valence-corrected chi connectivity index (χ0v) is 13.7. The summed E-state index contributed by atoms with van der Waals surface area (Å²) in [6.07, 6.45) is 1.17. The van der Waals surface area contributed by atoms with Crippen molar-refractivity contribution in [1.82, 2.24) is 0 Å². The van der Waals surface area contributed by atoms with Crippen molar-refractivity contribution in [1.29, 1.82) is 0 Å². The van der Waals surface area contributed by atoms with Crippen LogP contribution in [0.15, 0.2) is 53.0 Å². The molecule has 2 aromatic rings. The lowest BCUT2D eigenvalue weighted by atomic mass is 10.1. The summed E-state index contributed by atoms with van der Waals surface area (Å²) in [5, 5.41) is 2.78. The van der Waals surface area contributed by atoms with Crippen molar-refractivity contribution in [2.75, 3.05) is 11.6 Å². The molecule has 2 rings (SSSR count). The summed E-state index contributed by atoms with van der Waals surface area (Å²) in [5.41, 5.74) is 1.68. The zero-order chi connectivity index (χ0) is 15.5. The van der Waals surface area contributed by atoms with Crippen LogP contribution in [0.25, 0.3) is 0 Å². The Morgan fingerprint density at radius 1 is 1.14 bits per heavy atom. The Labute approximate surface area is 132 Å². The average molecular weight is 368 g/mol. The van der Waals surface area contributed by atoms with E-state index in [-0.39, 0.29) is 11.7 Å². The number of para-hydroxylation sites is 1. The Kier molecular flexibility index (Phi) is 4.80. The van der Waals surface area contributed by atoms with Gasteiger partial charge in [-0.25, -0.2) is 8.42 Å². The van der Waals surface area contributed by atoms with Gasteiger partial charge in [-0.05, 0) is 45.8 Å². The molecular weight excluding hydrogens is 354 g/mol. The Morgan fingerprint density at radius 3 is 2.52 bits per heavy atom. The maximum absolute atomic E-state index is 12.2. The molecule has 21 heavy (non-hydrogen) atoms. The molecule has 1 amide bonds. The van der Waals surface area contributed by atoms with Crippen LogP contribution in [0.1, 0.15) is 15.9 Å². The summed E-state index contributed by atoms with van der Waals surface area (Å²) >= 11 is 3.36. The third-order valence-electron chi connectivity index (χ3n) is 2.74. The lowest BCUT2D eigenvalue weighted by Gasteiger charge is -2.08. The van der Waals surface area contributed by atoms with Crippen molar-refractivity contribution >= 4 is 37.4 Å². The fourth-order valence-corrected chi connectivity index (χ4v) is 3.03. The second-order valence-electron chi connectivity index (χ2n) is 4.70. The number of benzene rings is 2. The molecule has 0 aliphatic carbocycles. The molecule has 0 fully saturated rings. The van der Waals surface area contributed by atoms with E-state index in [2.05, 4.69) is 21.2 Å². The van der Waals surface area contributed by atoms with Gasteiger partial charge in [0, 0.05) is 16.3 Å². The summed E-state index contributed by atoms with van der Waals surface area (Å²) < 4.78 is 23.4. The number of sulfone groups is 1. The van der Waals surface area contributed by atoms with Crippen molar-refractivity contribution in [2.24, 2.45) is 0 Å². The first-order valence-electron chi connectivity index (χ1n) is 6.18. The first-order valence-corrected chi connectivity index (χ1v) is 9.03. The predicted molar refractivity (Wildman–Crippen MR) is 87.1 cm³/mol. The van der Waals surface area contributed by atoms with E-state index < -0.39 is 9.84 Å². The van der Waals surface area contributed by atoms with Gasteiger partial charge in [-0.15, -0.1) is 0 Å². The van der Waals surface area contributed by atoms with Gasteiger partial charge in [0.1, 0.15) is 0 Å². The van der Waals surface area contributed by atoms with E-state index in [1.54, 1.807) is 30.3 Å². The third-order valence-corrected chi connectivity index (χ3v) is 4.29. The molecule has 0 saturated carbocycles. The summed E-state index contributed by atoms with van der Waals surface area (Å²) in [7, 11) is -3.12. The highest BCUT2D eigenvalue weighted by atomic mass is 79.9. The van der Waals surface area contributed by atoms with E-state index in [9.17, 15) is 13.2 Å². The highest BCUT2D eigenvalue weighted by Crippen LogP contribution is 2.22. The highest BCUT2D eigenvalue weighted by molar-refractivity contribution is 9.10. The van der Waals surface area contributed by atoms with Crippen LogP contribution in [0, 0.1) is 0 Å². The van der Waals surface area contributed by atoms with Gasteiger partial charge in [0.2, 0.25) is 0 Å². The number of hydrogen-bond acceptors (Lipinski definition) is 3. The SMILES string of the molecule is CS(=O)(=O)Cc1cccc(C(=O)Nc2ccccc2Br)c1. The standard InChI is InChI=1S/C15H14BrNO3S/c1-21(19,20)10-11-5-4-6-12(9-11)15(18)17-14-8-3-2-7-13(14)16/h2-9H,10H2,1H3,(H,17,18). The molecule has 0 heterocycles. The zero-order valence-electron chi connectivity index (χ0n) is 11.3. The Balaban J connectivity index is 2.20. The smallest absolute Gasteiger partial charge is 0.255 e. The number of hydrogen-bond donors (Lipinski definition) is 1. The summed E-state index contributed by atoms with van der Waals surface area (Å²) in [4.78, 5) is 12.2. The third kappa shape index (κ3) is 4.68. The first-order chi connectivity index (χ1) is 9.85. The molecule has 0 bridgehead atoms. The summed E-state index contributed by atoms with van der Waals surface area (Å²) in [6.45, 7) is 0. The number of halogens is 1. The van der Waals surface area contributed by atoms with Crippen molar-refractivity contribution in [3.05, 3.63) is 64.1 Å². The van der Waals surface area contributed by atoms with E-state index in [1.165, 1.54) is 6.26 Å². The molecule has 2 aromatic carbocycles. The van der Waals surface area contributed by atoms with Gasteiger partial charge in [-0.2, -0.15) is 0 Å². The minimum Gasteiger partial charge on any atom is -0.321 e. The van der Waals surface area contributed by atoms with Gasteiger partial charge in [0.05, 0.1) is 11.4 Å². The van der Waals surface area contributed by atoms with Gasteiger partial charge >= 0.3 is 0 Å². The van der Waals surface area contributed by atoms with Gasteiger partial charge in [-0.1, -0.05) is 24.3 Å². The minimum atomic E-state index is -3.12. The van der Waals surface area contributed by atoms with Gasteiger partial charge in [-0.3, -0.25) is 4.79 Å². The number of anilines is 1. The minimum absolute atomic E-state index is 0.0802. The largest absolute Gasteiger partial charge is 0.321 e. The van der Waals surface area contributed by atoms with Crippen molar-refractivity contribution in [3.63, 3.8) is 0 Å². The van der Waals surface area contributed by atoms with E-state index >= 15 is 0 Å². The van der Waals surface area contributed by atoms with Crippen LogP contribution in [0.5, 0.6) is 0 Å². The van der Waals surface area contributed by atoms with Crippen molar-refractivity contribution in [2.45, 2.75) is 5.75 Å². The molecular formula is C15H14BrNO3S. The molecule has 0 aliphatic heterocycles. The predicted octanol–water partition coefficient (Wildman–Crippen LogP) is 3.25. The molecule has 110 valence electrons. The molecule has 0 aliphatic rings. The molecule has 4 nitrogen and oxygen atoms in total. The van der Waals surface area contributed by atoms with Crippen LogP contribution in [0.3, 0.4) is 0 Å². The Bertz CT molecular complexity index is 772. The Morgan fingerprint density at radius 2 is 1.86 bits per heavy atom. The topological polar surface area (TPSA) is 63.2 Å². The van der Waals surface area contributed by atoms with Crippen LogP contribution >= 0.6 is 15.9 Å². The molecule has 0 atom stereocenters. The van der Waals surface area contributed by atoms with E-state index in [1.807, 2.05) is 18.2 Å². The van der Waals surface area contributed by atoms with Crippen molar-refractivity contribution < 1.29 is 13.2 Å². The average Bonchev–Trinajstić information content (AvgIpc) is 2.39. The van der Waals surface area contributed by atoms with E-state index in [4.69, 9.17) is 0 Å². The molecule has 6 heteroatoms. The monoisotopic (exact) mass is 367 g/mol. The van der Waals surface area contributed by atoms with Gasteiger partial charge in [0.25, 0.3) is 5.91 Å². The van der Waals surface area contributed by atoms with Crippen LogP contribution in [-0.2, 0) is 15.6 Å². The molecule has 0 spiro atoms. The molecule has 0 aromatic heterocycles. The quantitative estimate of drug-likeness (QED) is 0.901. The lowest BCUT2D eigenvalue weighted by Crippen LogP contribution is -2.13. The molecule has 1 N–H and O–H groups in total. The highest BCUT2D eigenvalue weighted by Gasteiger charge is 2.10. The van der Waals surface area contributed by atoms with Gasteiger partial charge < -0.3 is 5.32 Å². The summed E-state index contributed by atoms with van der Waals surface area (Å²) in [6, 6.07) is 13.9. The molecule has 0 saturated heterocycles. The normalized spacial score (nSPS) is 11.1. The fraction of sp³-hybridized carbons (Fsp3) is 0.133. The lowest BCUT2D eigenvalue weighted by molar-refractivity contribution is 0.102. The van der Waals surface area contributed by atoms with Crippen LogP contribution in [0.4, 0.5) is 5.69 Å². The second kappa shape index (κ2) is 6.41. The number of rotatable bonds is 4. The number of nitrogens with one attached hydrogen (secondary N) is 1. The van der Waals surface area contributed by atoms with Crippen LogP contribution in [-0.4, -0.2) is 20.6 Å². The van der Waals surface area contributed by atoms with Crippen molar-refractivity contribution in [3.8, 4) is 0 Å². The molecule has 0 unspecified atom stereocenters. The second-order valence-corrected chi connectivity index (χ2v) is 7.70. The summed E-state index contributed by atoms with van der Waals surface area (Å²) in [5.74, 6) is -0.361. The maximum Gasteiger partial charge on any atom is 0.255 e. The van der Waals surface area contributed by atoms with E-state index in [0.29, 0.717) is 16.8 Å². The number of carbonyl (C=O) groups excluding carboxylic acids is 1. The van der Waals surface area contributed by atoms with Crippen LogP contribution < -0.4 is 5.32 Å². The first kappa shape index (κ1) is 15.7. The number of amides is 1. The van der Waals surface area contributed by atoms with Gasteiger partial charge in [0.15, 0.2) is 9.84 Å². The number of carbonyl (C=O) groups is 1. The fourth-order valence-electron chi connectivity index (χ4n) is 1.86. The molecule has 0 radical (unpaired) electrons. The van der Waals surface area contributed by atoms with E-state index in [0.717, 1.165) is 4.47 Å². The Hall–Kier alpha value is -1.66. The van der Waals surface area contributed by atoms with Crippen LogP contribution in [0.2, 0.25) is 0 Å². The maximum atomic E-state index is 12.2.